The molecule has 14 heavy (non-hydrogen) atoms. The summed E-state index contributed by atoms with van der Waals surface area (Å²) in [7, 11) is 0. The van der Waals surface area contributed by atoms with Crippen molar-refractivity contribution in [1.82, 2.24) is 0 Å². The van der Waals surface area contributed by atoms with Crippen LogP contribution in [0.2, 0.25) is 0 Å². The molecule has 0 aliphatic rings. The van der Waals surface area contributed by atoms with Gasteiger partial charge in [-0.05, 0) is 36.6 Å². The number of aliphatic hydroxyl groups is 1. The fourth-order valence-corrected chi connectivity index (χ4v) is 1.42. The number of hydrogen-bond donors (Lipinski definition) is 2. The molecule has 0 spiro atoms. The summed E-state index contributed by atoms with van der Waals surface area (Å²) in [6, 6.07) is 4.04. The fourth-order valence-electron chi connectivity index (χ4n) is 1.42. The molecule has 3 heteroatoms. The van der Waals surface area contributed by atoms with E-state index in [0.717, 1.165) is 5.56 Å². The standard InChI is InChI=1S/C11H16FNO/c1-3-10(13)11(14)9-5-4-8(12)6-7(9)2/h4-6,10-11,14H,3,13H2,1-2H3/t10-,11+/m0/s1. The SMILES string of the molecule is CC[C@H](N)[C@H](O)c1ccc(F)cc1C. The number of nitrogens with two attached hydrogens (primary N) is 1. The number of hydrogen-bond acceptors (Lipinski definition) is 2. The number of aliphatic hydroxyl groups excluding tert-OH is 1. The molecular weight excluding hydrogens is 181 g/mol. The molecule has 2 nitrogen and oxygen atoms in total. The first kappa shape index (κ1) is 11.1. The summed E-state index contributed by atoms with van der Waals surface area (Å²) >= 11 is 0. The van der Waals surface area contributed by atoms with Crippen LogP contribution in [0.3, 0.4) is 0 Å². The average molecular weight is 197 g/mol. The number of rotatable bonds is 3. The molecule has 0 unspecified atom stereocenters. The lowest BCUT2D eigenvalue weighted by Gasteiger charge is -2.19. The van der Waals surface area contributed by atoms with Crippen molar-refractivity contribution < 1.29 is 9.50 Å². The van der Waals surface area contributed by atoms with E-state index < -0.39 is 6.10 Å². The molecule has 0 radical (unpaired) electrons. The van der Waals surface area contributed by atoms with Crippen molar-refractivity contribution >= 4 is 0 Å². The van der Waals surface area contributed by atoms with Gasteiger partial charge < -0.3 is 10.8 Å². The Kier molecular flexibility index (Phi) is 3.61. The van der Waals surface area contributed by atoms with Gasteiger partial charge in [0.05, 0.1) is 6.10 Å². The van der Waals surface area contributed by atoms with Crippen molar-refractivity contribution in [2.45, 2.75) is 32.4 Å². The van der Waals surface area contributed by atoms with Crippen LogP contribution in [0.1, 0.15) is 30.6 Å². The summed E-state index contributed by atoms with van der Waals surface area (Å²) < 4.78 is 12.8. The van der Waals surface area contributed by atoms with Crippen molar-refractivity contribution in [2.75, 3.05) is 0 Å². The van der Waals surface area contributed by atoms with Gasteiger partial charge >= 0.3 is 0 Å². The molecule has 0 saturated heterocycles. The monoisotopic (exact) mass is 197 g/mol. The Morgan fingerprint density at radius 2 is 2.14 bits per heavy atom. The van der Waals surface area contributed by atoms with E-state index in [0.29, 0.717) is 12.0 Å². The van der Waals surface area contributed by atoms with Gasteiger partial charge in [0.15, 0.2) is 0 Å². The largest absolute Gasteiger partial charge is 0.387 e. The van der Waals surface area contributed by atoms with E-state index in [1.165, 1.54) is 12.1 Å². The molecule has 0 fully saturated rings. The van der Waals surface area contributed by atoms with Gasteiger partial charge in [-0.3, -0.25) is 0 Å². The predicted octanol–water partition coefficient (Wildman–Crippen LogP) is 1.90. The predicted molar refractivity (Wildman–Crippen MR) is 54.4 cm³/mol. The highest BCUT2D eigenvalue weighted by molar-refractivity contribution is 5.29. The fraction of sp³-hybridized carbons (Fsp3) is 0.455. The topological polar surface area (TPSA) is 46.2 Å². The van der Waals surface area contributed by atoms with Gasteiger partial charge in [-0.1, -0.05) is 13.0 Å². The van der Waals surface area contributed by atoms with E-state index in [1.54, 1.807) is 13.0 Å². The van der Waals surface area contributed by atoms with Gasteiger partial charge in [0.2, 0.25) is 0 Å². The maximum absolute atomic E-state index is 12.8. The quantitative estimate of drug-likeness (QED) is 0.777. The van der Waals surface area contributed by atoms with E-state index in [9.17, 15) is 9.50 Å². The van der Waals surface area contributed by atoms with Crippen molar-refractivity contribution in [1.29, 1.82) is 0 Å². The minimum Gasteiger partial charge on any atom is -0.387 e. The van der Waals surface area contributed by atoms with Crippen LogP contribution >= 0.6 is 0 Å². The molecule has 0 aromatic heterocycles. The molecule has 0 amide bonds. The normalized spacial score (nSPS) is 15.2. The average Bonchev–Trinajstić information content (AvgIpc) is 2.15. The minimum absolute atomic E-state index is 0.288. The summed E-state index contributed by atoms with van der Waals surface area (Å²) in [5, 5.41) is 9.81. The molecule has 3 N–H and O–H groups in total. The third-order valence-corrected chi connectivity index (χ3v) is 2.43. The summed E-state index contributed by atoms with van der Waals surface area (Å²) in [5.74, 6) is -0.288. The van der Waals surface area contributed by atoms with Gasteiger partial charge in [0.1, 0.15) is 5.82 Å². The van der Waals surface area contributed by atoms with E-state index >= 15 is 0 Å². The van der Waals surface area contributed by atoms with Crippen molar-refractivity contribution in [3.63, 3.8) is 0 Å². The molecule has 0 heterocycles. The molecule has 0 saturated carbocycles. The lowest BCUT2D eigenvalue weighted by atomic mass is 9.97. The maximum Gasteiger partial charge on any atom is 0.123 e. The summed E-state index contributed by atoms with van der Waals surface area (Å²) in [5.41, 5.74) is 7.16. The van der Waals surface area contributed by atoms with Crippen molar-refractivity contribution in [3.8, 4) is 0 Å². The van der Waals surface area contributed by atoms with Crippen molar-refractivity contribution in [3.05, 3.63) is 35.1 Å². The summed E-state index contributed by atoms with van der Waals surface area (Å²) in [4.78, 5) is 0. The van der Waals surface area contributed by atoms with Crippen LogP contribution in [0.15, 0.2) is 18.2 Å². The lowest BCUT2D eigenvalue weighted by molar-refractivity contribution is 0.143. The number of aryl methyl sites for hydroxylation is 1. The third-order valence-electron chi connectivity index (χ3n) is 2.43. The highest BCUT2D eigenvalue weighted by Gasteiger charge is 2.16. The highest BCUT2D eigenvalue weighted by atomic mass is 19.1. The first-order valence-corrected chi connectivity index (χ1v) is 4.76. The van der Waals surface area contributed by atoms with E-state index in [1.807, 2.05) is 6.92 Å². The van der Waals surface area contributed by atoms with E-state index in [2.05, 4.69) is 0 Å². The first-order chi connectivity index (χ1) is 6.56. The van der Waals surface area contributed by atoms with Crippen LogP contribution < -0.4 is 5.73 Å². The molecule has 1 aromatic carbocycles. The third kappa shape index (κ3) is 2.30. The Balaban J connectivity index is 2.95. The minimum atomic E-state index is -0.708. The Morgan fingerprint density at radius 1 is 1.50 bits per heavy atom. The van der Waals surface area contributed by atoms with Gasteiger partial charge in [-0.2, -0.15) is 0 Å². The van der Waals surface area contributed by atoms with Gasteiger partial charge in [0, 0.05) is 6.04 Å². The Bertz CT molecular complexity index is 314. The number of benzene rings is 1. The van der Waals surface area contributed by atoms with Gasteiger partial charge in [-0.15, -0.1) is 0 Å². The van der Waals surface area contributed by atoms with E-state index in [4.69, 9.17) is 5.73 Å². The molecule has 1 aromatic rings. The zero-order valence-corrected chi connectivity index (χ0v) is 8.50. The molecular formula is C11H16FNO. The second-order valence-electron chi connectivity index (χ2n) is 3.52. The zero-order chi connectivity index (χ0) is 10.7. The molecule has 1 rings (SSSR count). The van der Waals surface area contributed by atoms with Crippen LogP contribution in [-0.2, 0) is 0 Å². The number of halogens is 1. The van der Waals surface area contributed by atoms with Crippen LogP contribution in [0.4, 0.5) is 4.39 Å². The second-order valence-corrected chi connectivity index (χ2v) is 3.52. The Labute approximate surface area is 83.6 Å². The lowest BCUT2D eigenvalue weighted by Crippen LogP contribution is -2.27. The Morgan fingerprint density at radius 3 is 2.64 bits per heavy atom. The summed E-state index contributed by atoms with van der Waals surface area (Å²) in [6.45, 7) is 3.68. The van der Waals surface area contributed by atoms with Crippen LogP contribution in [0, 0.1) is 12.7 Å². The molecule has 78 valence electrons. The van der Waals surface area contributed by atoms with Gasteiger partial charge in [0.25, 0.3) is 0 Å². The molecule has 0 bridgehead atoms. The smallest absolute Gasteiger partial charge is 0.123 e. The Hall–Kier alpha value is -0.930. The molecule has 0 aliphatic carbocycles. The maximum atomic E-state index is 12.8. The second kappa shape index (κ2) is 4.53. The van der Waals surface area contributed by atoms with Crippen molar-refractivity contribution in [2.24, 2.45) is 5.73 Å². The molecule has 0 aliphatic heterocycles. The van der Waals surface area contributed by atoms with Gasteiger partial charge in [-0.25, -0.2) is 4.39 Å². The summed E-state index contributed by atoms with van der Waals surface area (Å²) in [6.07, 6.45) is -0.0153. The van der Waals surface area contributed by atoms with Crippen LogP contribution in [-0.4, -0.2) is 11.1 Å². The highest BCUT2D eigenvalue weighted by Crippen LogP contribution is 2.21. The van der Waals surface area contributed by atoms with Crippen LogP contribution in [0.5, 0.6) is 0 Å². The first-order valence-electron chi connectivity index (χ1n) is 4.76. The van der Waals surface area contributed by atoms with E-state index in [-0.39, 0.29) is 11.9 Å². The molecule has 2 atom stereocenters. The zero-order valence-electron chi connectivity index (χ0n) is 8.50. The van der Waals surface area contributed by atoms with Crippen LogP contribution in [0.25, 0.3) is 0 Å².